The summed E-state index contributed by atoms with van der Waals surface area (Å²) in [6.07, 6.45) is 5.83. The maximum atomic E-state index is 13.2. The lowest BCUT2D eigenvalue weighted by molar-refractivity contribution is 0.0939. The fourth-order valence-electron chi connectivity index (χ4n) is 6.25. The summed E-state index contributed by atoms with van der Waals surface area (Å²) in [6.45, 7) is 5.15. The maximum absolute atomic E-state index is 13.2. The van der Waals surface area contributed by atoms with Crippen LogP contribution in [0.1, 0.15) is 71.4 Å². The van der Waals surface area contributed by atoms with E-state index in [0.717, 1.165) is 38.4 Å². The molecule has 0 fully saturated rings. The third kappa shape index (κ3) is 11.7. The fraction of sp³-hybridized carbons (Fsp3) is 0.261. The summed E-state index contributed by atoms with van der Waals surface area (Å²) in [5, 5.41) is 5.44. The van der Waals surface area contributed by atoms with Crippen LogP contribution in [0.4, 0.5) is 4.39 Å². The molecule has 0 radical (unpaired) electrons. The molecule has 2 aromatic heterocycles. The van der Waals surface area contributed by atoms with E-state index in [0.29, 0.717) is 47.9 Å². The van der Waals surface area contributed by atoms with Crippen LogP contribution in [0.25, 0.3) is 11.4 Å². The highest BCUT2D eigenvalue weighted by molar-refractivity contribution is 9.10. The summed E-state index contributed by atoms with van der Waals surface area (Å²) in [5.41, 5.74) is -0.419. The summed E-state index contributed by atoms with van der Waals surface area (Å²) in [4.78, 5) is 78.0. The first-order valence-electron chi connectivity index (χ1n) is 20.0. The van der Waals surface area contributed by atoms with Gasteiger partial charge in [-0.05, 0) is 72.5 Å². The molecule has 0 aliphatic heterocycles. The molecule has 14 nitrogen and oxygen atoms in total. The number of benzene rings is 4. The van der Waals surface area contributed by atoms with Gasteiger partial charge in [-0.2, -0.15) is 0 Å². The molecule has 0 atom stereocenters. The number of amides is 2. The second kappa shape index (κ2) is 22.2. The quantitative estimate of drug-likeness (QED) is 0.113. The number of ether oxygens (including phenoxy) is 2. The van der Waals surface area contributed by atoms with Crippen LogP contribution in [-0.2, 0) is 26.2 Å². The number of hydrogen-bond donors (Lipinski definition) is 2. The van der Waals surface area contributed by atoms with Crippen LogP contribution < -0.4 is 42.6 Å². The first-order chi connectivity index (χ1) is 29.9. The minimum atomic E-state index is -0.720. The molecule has 0 unspecified atom stereocenters. The van der Waals surface area contributed by atoms with Gasteiger partial charge in [0.25, 0.3) is 22.9 Å². The minimum absolute atomic E-state index is 0.0893. The van der Waals surface area contributed by atoms with Crippen molar-refractivity contribution in [3.05, 3.63) is 184 Å². The second-order valence-electron chi connectivity index (χ2n) is 14.1. The number of hydrogen-bond acceptors (Lipinski definition) is 8. The summed E-state index contributed by atoms with van der Waals surface area (Å²) < 4.78 is 29.2. The molecule has 4 aromatic carbocycles. The van der Waals surface area contributed by atoms with Crippen molar-refractivity contribution in [1.82, 2.24) is 28.9 Å². The highest BCUT2D eigenvalue weighted by Crippen LogP contribution is 2.16. The fourth-order valence-corrected chi connectivity index (χ4v) is 6.70. The molecule has 2 N–H and O–H groups in total. The number of nitrogens with one attached hydrogen (secondary N) is 2. The smallest absolute Gasteiger partial charge is 0.335 e. The highest BCUT2D eigenvalue weighted by atomic mass is 79.9. The van der Waals surface area contributed by atoms with Gasteiger partial charge in [-0.15, -0.1) is 0 Å². The van der Waals surface area contributed by atoms with Crippen LogP contribution in [0.5, 0.6) is 11.5 Å². The largest absolute Gasteiger partial charge is 0.497 e. The van der Waals surface area contributed by atoms with Crippen molar-refractivity contribution in [3.8, 4) is 22.9 Å². The Morgan fingerprint density at radius 1 is 0.613 bits per heavy atom. The molecule has 0 spiro atoms. The van der Waals surface area contributed by atoms with E-state index >= 15 is 0 Å². The van der Waals surface area contributed by atoms with Crippen molar-refractivity contribution in [2.24, 2.45) is 0 Å². The number of aryl methyl sites for hydroxylation is 2. The van der Waals surface area contributed by atoms with Gasteiger partial charge in [0.05, 0.1) is 25.6 Å². The third-order valence-electron chi connectivity index (χ3n) is 9.64. The molecular formula is C46H48BrFN6O8. The second-order valence-corrected chi connectivity index (χ2v) is 15.0. The van der Waals surface area contributed by atoms with Crippen molar-refractivity contribution in [2.45, 2.75) is 65.7 Å². The average Bonchev–Trinajstić information content (AvgIpc) is 3.28. The predicted octanol–water partition coefficient (Wildman–Crippen LogP) is 6.38. The summed E-state index contributed by atoms with van der Waals surface area (Å²) >= 11 is 3.40. The average molecular weight is 912 g/mol. The molecule has 2 amide bonds. The van der Waals surface area contributed by atoms with Crippen LogP contribution in [0.2, 0.25) is 0 Å². The van der Waals surface area contributed by atoms with Crippen molar-refractivity contribution >= 4 is 27.7 Å². The molecule has 324 valence electrons. The number of carbonyl (C=O) groups is 2. The molecule has 0 saturated carbocycles. The number of nitrogens with zero attached hydrogens (tertiary/aromatic N) is 4. The molecule has 0 bridgehead atoms. The lowest BCUT2D eigenvalue weighted by atomic mass is 10.2. The van der Waals surface area contributed by atoms with Gasteiger partial charge < -0.3 is 20.1 Å². The van der Waals surface area contributed by atoms with Gasteiger partial charge in [0.1, 0.15) is 28.4 Å². The highest BCUT2D eigenvalue weighted by Gasteiger charge is 2.20. The van der Waals surface area contributed by atoms with E-state index in [-0.39, 0.29) is 30.0 Å². The molecule has 16 heteroatoms. The minimum Gasteiger partial charge on any atom is -0.497 e. The van der Waals surface area contributed by atoms with Crippen LogP contribution >= 0.6 is 15.9 Å². The molecule has 6 rings (SSSR count). The van der Waals surface area contributed by atoms with E-state index < -0.39 is 34.3 Å². The number of carbonyl (C=O) groups excluding carboxylic acids is 2. The van der Waals surface area contributed by atoms with Gasteiger partial charge in [0, 0.05) is 55.2 Å². The Balaban J connectivity index is 0.000000234. The SMILES string of the molecule is CCCCn1cc(C(=O)NCc2ccc(F)cc2)c(=O)n(-c2cccc(OC)c2)c1=O.CCCCn1cc(C(=O)NCc2cccc(Br)c2)c(=O)n(-c2cccc(OC)c2)c1=O. The Hall–Kier alpha value is -6.81. The first-order valence-corrected chi connectivity index (χ1v) is 20.7. The van der Waals surface area contributed by atoms with Crippen LogP contribution in [0.15, 0.2) is 133 Å². The zero-order valence-electron chi connectivity index (χ0n) is 34.9. The number of unbranched alkanes of at least 4 members (excludes halogenated alkanes) is 2. The van der Waals surface area contributed by atoms with E-state index in [1.807, 2.05) is 38.1 Å². The molecular weight excluding hydrogens is 863 g/mol. The Kier molecular flexibility index (Phi) is 16.5. The van der Waals surface area contributed by atoms with E-state index in [9.17, 15) is 33.2 Å². The summed E-state index contributed by atoms with van der Waals surface area (Å²) in [7, 11) is 2.99. The van der Waals surface area contributed by atoms with Crippen LogP contribution in [0.3, 0.4) is 0 Å². The Morgan fingerprint density at radius 3 is 1.50 bits per heavy atom. The van der Waals surface area contributed by atoms with Gasteiger partial charge in [-0.3, -0.25) is 28.3 Å². The van der Waals surface area contributed by atoms with Crippen LogP contribution in [-0.4, -0.2) is 44.3 Å². The molecule has 0 aliphatic carbocycles. The lowest BCUT2D eigenvalue weighted by Gasteiger charge is -2.14. The summed E-state index contributed by atoms with van der Waals surface area (Å²) in [6, 6.07) is 26.4. The van der Waals surface area contributed by atoms with E-state index in [4.69, 9.17) is 9.47 Å². The first kappa shape index (κ1) is 46.3. The zero-order chi connectivity index (χ0) is 44.8. The monoisotopic (exact) mass is 910 g/mol. The van der Waals surface area contributed by atoms with Gasteiger partial charge >= 0.3 is 11.4 Å². The number of rotatable bonds is 16. The van der Waals surface area contributed by atoms with Gasteiger partial charge in [-0.25, -0.2) is 23.1 Å². The molecule has 6 aromatic rings. The van der Waals surface area contributed by atoms with Crippen molar-refractivity contribution in [3.63, 3.8) is 0 Å². The third-order valence-corrected chi connectivity index (χ3v) is 10.1. The molecule has 62 heavy (non-hydrogen) atoms. The van der Waals surface area contributed by atoms with Gasteiger partial charge in [0.2, 0.25) is 0 Å². The molecule has 2 heterocycles. The number of halogens is 2. The van der Waals surface area contributed by atoms with Crippen LogP contribution in [0, 0.1) is 5.82 Å². The van der Waals surface area contributed by atoms with E-state index in [2.05, 4.69) is 26.6 Å². The Morgan fingerprint density at radius 2 is 1.06 bits per heavy atom. The van der Waals surface area contributed by atoms with E-state index in [1.165, 1.54) is 47.9 Å². The summed E-state index contributed by atoms with van der Waals surface area (Å²) in [5.74, 6) is -0.536. The molecule has 0 saturated heterocycles. The topological polar surface area (TPSA) is 165 Å². The van der Waals surface area contributed by atoms with E-state index in [1.54, 1.807) is 60.7 Å². The van der Waals surface area contributed by atoms with Gasteiger partial charge in [-0.1, -0.05) is 79.0 Å². The standard InChI is InChI=1S/C23H24BrN3O4.C23H24FN3O4/c1-3-4-11-26-15-20(21(28)25-14-16-7-5-8-17(24)12-16)22(29)27(23(26)30)18-9-6-10-19(13-18)31-2;1-3-4-12-26-15-20(21(28)25-14-16-8-10-17(24)11-9-16)22(29)27(23(26)30)18-6-5-7-19(13-18)31-2/h5-10,12-13,15H,3-4,11,14H2,1-2H3,(H,25,28);5-11,13,15H,3-4,12,14H2,1-2H3,(H,25,28). The van der Waals surface area contributed by atoms with Crippen molar-refractivity contribution < 1.29 is 23.5 Å². The normalized spacial score (nSPS) is 10.7. The Labute approximate surface area is 365 Å². The number of methoxy groups -OCH3 is 2. The van der Waals surface area contributed by atoms with Crippen molar-refractivity contribution in [1.29, 1.82) is 0 Å². The predicted molar refractivity (Wildman–Crippen MR) is 238 cm³/mol. The number of aromatic nitrogens is 4. The Bertz CT molecular complexity index is 2760. The lowest BCUT2D eigenvalue weighted by Crippen LogP contribution is -2.43. The molecule has 0 aliphatic rings. The zero-order valence-corrected chi connectivity index (χ0v) is 36.4. The van der Waals surface area contributed by atoms with Gasteiger partial charge in [0.15, 0.2) is 0 Å². The maximum Gasteiger partial charge on any atom is 0.335 e. The van der Waals surface area contributed by atoms with Crippen molar-refractivity contribution in [2.75, 3.05) is 14.2 Å².